The number of rotatable bonds is 7. The molecule has 0 atom stereocenters. The van der Waals surface area contributed by atoms with Gasteiger partial charge in [-0.3, -0.25) is 4.79 Å². The number of anilines is 1. The molecule has 0 saturated carbocycles. The average Bonchev–Trinajstić information content (AvgIpc) is 2.73. The van der Waals surface area contributed by atoms with Crippen LogP contribution in [0.5, 0.6) is 0 Å². The van der Waals surface area contributed by atoms with E-state index < -0.39 is 27.4 Å². The van der Waals surface area contributed by atoms with Crippen molar-refractivity contribution in [1.29, 1.82) is 0 Å². The standard InChI is InChI=1S/C25H25F2NO3S/c1-4-32(30,31)19-11-9-17(10-12-19)13-24(29)28-18-14-22(26)25(23(27)15-18)21-8-6-5-7-20(21)16(2)3/h5-12,14-16H,4,13H2,1-3H3,(H,28,29). The Labute approximate surface area is 187 Å². The smallest absolute Gasteiger partial charge is 0.228 e. The third-order valence-corrected chi connectivity index (χ3v) is 6.96. The second-order valence-electron chi connectivity index (χ2n) is 7.83. The average molecular weight is 458 g/mol. The van der Waals surface area contributed by atoms with Crippen molar-refractivity contribution in [3.8, 4) is 11.1 Å². The molecule has 0 aliphatic heterocycles. The molecule has 168 valence electrons. The monoisotopic (exact) mass is 457 g/mol. The summed E-state index contributed by atoms with van der Waals surface area (Å²) >= 11 is 0. The first-order valence-electron chi connectivity index (χ1n) is 10.3. The Morgan fingerprint density at radius 2 is 1.56 bits per heavy atom. The molecule has 0 aliphatic carbocycles. The van der Waals surface area contributed by atoms with Gasteiger partial charge in [-0.25, -0.2) is 17.2 Å². The summed E-state index contributed by atoms with van der Waals surface area (Å²) in [5.74, 6) is -1.92. The lowest BCUT2D eigenvalue weighted by Crippen LogP contribution is -2.15. The molecule has 3 rings (SSSR count). The van der Waals surface area contributed by atoms with Crippen LogP contribution in [0.3, 0.4) is 0 Å². The SMILES string of the molecule is CCS(=O)(=O)c1ccc(CC(=O)Nc2cc(F)c(-c3ccccc3C(C)C)c(F)c2)cc1. The molecule has 0 aromatic heterocycles. The predicted octanol–water partition coefficient (Wildman–Crippen LogP) is 5.73. The van der Waals surface area contributed by atoms with Gasteiger partial charge in [0.1, 0.15) is 11.6 Å². The van der Waals surface area contributed by atoms with Crippen molar-refractivity contribution in [3.63, 3.8) is 0 Å². The van der Waals surface area contributed by atoms with Crippen molar-refractivity contribution in [2.75, 3.05) is 11.1 Å². The molecule has 3 aromatic rings. The van der Waals surface area contributed by atoms with Crippen LogP contribution in [-0.4, -0.2) is 20.1 Å². The van der Waals surface area contributed by atoms with Crippen LogP contribution in [0.1, 0.15) is 37.8 Å². The molecule has 0 aliphatic rings. The van der Waals surface area contributed by atoms with E-state index in [9.17, 15) is 22.0 Å². The van der Waals surface area contributed by atoms with Crippen LogP contribution in [0.15, 0.2) is 65.6 Å². The van der Waals surface area contributed by atoms with Crippen LogP contribution in [0, 0.1) is 11.6 Å². The van der Waals surface area contributed by atoms with Gasteiger partial charge in [-0.15, -0.1) is 0 Å². The maximum Gasteiger partial charge on any atom is 0.228 e. The molecule has 7 heteroatoms. The molecule has 4 nitrogen and oxygen atoms in total. The van der Waals surface area contributed by atoms with E-state index in [0.29, 0.717) is 11.1 Å². The van der Waals surface area contributed by atoms with Crippen LogP contribution < -0.4 is 5.32 Å². The first-order chi connectivity index (χ1) is 15.1. The van der Waals surface area contributed by atoms with Crippen molar-refractivity contribution >= 4 is 21.4 Å². The van der Waals surface area contributed by atoms with E-state index in [2.05, 4.69) is 5.32 Å². The Hall–Kier alpha value is -3.06. The molecule has 3 aromatic carbocycles. The van der Waals surface area contributed by atoms with E-state index in [0.717, 1.165) is 17.7 Å². The molecule has 0 heterocycles. The summed E-state index contributed by atoms with van der Waals surface area (Å²) in [7, 11) is -3.32. The molecule has 1 amide bonds. The van der Waals surface area contributed by atoms with Crippen LogP contribution >= 0.6 is 0 Å². The summed E-state index contributed by atoms with van der Waals surface area (Å²) in [6.07, 6.45) is -0.0619. The summed E-state index contributed by atoms with van der Waals surface area (Å²) in [4.78, 5) is 12.6. The number of amides is 1. The Morgan fingerprint density at radius 1 is 0.969 bits per heavy atom. The Morgan fingerprint density at radius 3 is 2.12 bits per heavy atom. The first-order valence-corrected chi connectivity index (χ1v) is 12.0. The highest BCUT2D eigenvalue weighted by atomic mass is 32.2. The molecular weight excluding hydrogens is 432 g/mol. The Kier molecular flexibility index (Phi) is 7.09. The molecule has 32 heavy (non-hydrogen) atoms. The number of carbonyl (C=O) groups is 1. The van der Waals surface area contributed by atoms with Gasteiger partial charge in [0.25, 0.3) is 0 Å². The number of nitrogens with one attached hydrogen (secondary N) is 1. The van der Waals surface area contributed by atoms with E-state index in [1.165, 1.54) is 12.1 Å². The second-order valence-corrected chi connectivity index (χ2v) is 10.1. The maximum atomic E-state index is 14.9. The number of hydrogen-bond acceptors (Lipinski definition) is 3. The Balaban J connectivity index is 1.78. The van der Waals surface area contributed by atoms with Gasteiger partial charge >= 0.3 is 0 Å². The van der Waals surface area contributed by atoms with E-state index in [1.807, 2.05) is 26.0 Å². The van der Waals surface area contributed by atoms with Gasteiger partial charge in [0.05, 0.1) is 22.6 Å². The summed E-state index contributed by atoms with van der Waals surface area (Å²) < 4.78 is 53.5. The zero-order valence-corrected chi connectivity index (χ0v) is 19.0. The Bertz CT molecular complexity index is 1210. The van der Waals surface area contributed by atoms with Crippen molar-refractivity contribution < 1.29 is 22.0 Å². The highest BCUT2D eigenvalue weighted by molar-refractivity contribution is 7.91. The van der Waals surface area contributed by atoms with Crippen molar-refractivity contribution in [2.24, 2.45) is 0 Å². The van der Waals surface area contributed by atoms with Crippen LogP contribution in [-0.2, 0) is 21.1 Å². The van der Waals surface area contributed by atoms with Crippen molar-refractivity contribution in [1.82, 2.24) is 0 Å². The highest BCUT2D eigenvalue weighted by Gasteiger charge is 2.18. The van der Waals surface area contributed by atoms with E-state index in [-0.39, 0.29) is 34.2 Å². The fourth-order valence-corrected chi connectivity index (χ4v) is 4.39. The van der Waals surface area contributed by atoms with Gasteiger partial charge in [0, 0.05) is 5.69 Å². The minimum absolute atomic E-state index is 0.0123. The quantitative estimate of drug-likeness (QED) is 0.493. The van der Waals surface area contributed by atoms with E-state index in [4.69, 9.17) is 0 Å². The summed E-state index contributed by atoms with van der Waals surface area (Å²) in [5.41, 5.74) is 1.79. The molecule has 0 radical (unpaired) electrons. The molecule has 0 bridgehead atoms. The summed E-state index contributed by atoms with van der Waals surface area (Å²) in [6, 6.07) is 15.3. The van der Waals surface area contributed by atoms with Gasteiger partial charge in [-0.05, 0) is 46.9 Å². The lowest BCUT2D eigenvalue weighted by atomic mass is 9.92. The molecule has 1 N–H and O–H groups in total. The number of hydrogen-bond donors (Lipinski definition) is 1. The number of sulfone groups is 1. The van der Waals surface area contributed by atoms with Crippen LogP contribution in [0.2, 0.25) is 0 Å². The summed E-state index contributed by atoms with van der Waals surface area (Å²) in [6.45, 7) is 5.46. The number of halogens is 2. The molecule has 0 unspecified atom stereocenters. The normalized spacial score (nSPS) is 11.6. The molecular formula is C25H25F2NO3S. The minimum atomic E-state index is -3.32. The van der Waals surface area contributed by atoms with Gasteiger partial charge in [0.2, 0.25) is 5.91 Å². The van der Waals surface area contributed by atoms with Crippen LogP contribution in [0.4, 0.5) is 14.5 Å². The van der Waals surface area contributed by atoms with Gasteiger partial charge < -0.3 is 5.32 Å². The zero-order valence-electron chi connectivity index (χ0n) is 18.2. The zero-order chi connectivity index (χ0) is 23.5. The van der Waals surface area contributed by atoms with E-state index in [1.54, 1.807) is 31.2 Å². The first kappa shape index (κ1) is 23.6. The fourth-order valence-electron chi connectivity index (χ4n) is 3.50. The molecule has 0 spiro atoms. The third kappa shape index (κ3) is 5.22. The maximum absolute atomic E-state index is 14.9. The van der Waals surface area contributed by atoms with Gasteiger partial charge in [0.15, 0.2) is 9.84 Å². The topological polar surface area (TPSA) is 63.2 Å². The summed E-state index contributed by atoms with van der Waals surface area (Å²) in [5, 5.41) is 2.51. The third-order valence-electron chi connectivity index (χ3n) is 5.21. The predicted molar refractivity (Wildman–Crippen MR) is 122 cm³/mol. The van der Waals surface area contributed by atoms with Gasteiger partial charge in [-0.2, -0.15) is 0 Å². The minimum Gasteiger partial charge on any atom is -0.326 e. The lowest BCUT2D eigenvalue weighted by Gasteiger charge is -2.15. The van der Waals surface area contributed by atoms with Crippen LogP contribution in [0.25, 0.3) is 11.1 Å². The largest absolute Gasteiger partial charge is 0.326 e. The molecule has 0 saturated heterocycles. The lowest BCUT2D eigenvalue weighted by molar-refractivity contribution is -0.115. The second kappa shape index (κ2) is 9.61. The van der Waals surface area contributed by atoms with Crippen molar-refractivity contribution in [2.45, 2.75) is 38.0 Å². The highest BCUT2D eigenvalue weighted by Crippen LogP contribution is 2.34. The number of carbonyl (C=O) groups excluding carboxylic acids is 1. The number of benzene rings is 3. The van der Waals surface area contributed by atoms with Gasteiger partial charge in [-0.1, -0.05) is 57.2 Å². The molecule has 0 fully saturated rings. The van der Waals surface area contributed by atoms with Crippen molar-refractivity contribution in [3.05, 3.63) is 83.4 Å². The fraction of sp³-hybridized carbons (Fsp3) is 0.240. The van der Waals surface area contributed by atoms with E-state index >= 15 is 0 Å².